The monoisotopic (exact) mass is 293 g/mol. The summed E-state index contributed by atoms with van der Waals surface area (Å²) in [6.07, 6.45) is 11.5. The van der Waals surface area contributed by atoms with Crippen molar-refractivity contribution >= 4 is 17.0 Å². The third-order valence-electron chi connectivity index (χ3n) is 3.81. The highest BCUT2D eigenvalue weighted by molar-refractivity contribution is 6.13. The topological polar surface area (TPSA) is 43.1 Å². The number of ketones is 1. The summed E-state index contributed by atoms with van der Waals surface area (Å²) >= 11 is 0. The lowest BCUT2D eigenvalue weighted by atomic mass is 9.84. The molecule has 0 fully saturated rings. The number of carbonyl (C=O) groups excluding carboxylic acids is 1. The van der Waals surface area contributed by atoms with Crippen molar-refractivity contribution in [3.8, 4) is 0 Å². The number of carbonyl (C=O) groups is 1. The molecule has 0 aromatic heterocycles. The molecule has 0 amide bonds. The first kappa shape index (κ1) is 16.0. The average molecular weight is 293 g/mol. The first-order valence-corrected chi connectivity index (χ1v) is 7.78. The Bertz CT molecular complexity index is 645. The highest BCUT2D eigenvalue weighted by Gasteiger charge is 2.20. The summed E-state index contributed by atoms with van der Waals surface area (Å²) in [5, 5.41) is 0. The van der Waals surface area contributed by atoms with Crippen LogP contribution >= 0.6 is 0 Å². The minimum atomic E-state index is 0.0562. The number of nitrogens with two attached hydrogens (primary N) is 1. The quantitative estimate of drug-likeness (QED) is 0.479. The summed E-state index contributed by atoms with van der Waals surface area (Å²) in [5.41, 5.74) is 10.4. The number of hydrogen-bond acceptors (Lipinski definition) is 2. The lowest BCUT2D eigenvalue weighted by Crippen LogP contribution is -2.10. The molecule has 0 heterocycles. The highest BCUT2D eigenvalue weighted by Crippen LogP contribution is 2.33. The van der Waals surface area contributed by atoms with Gasteiger partial charge in [0.1, 0.15) is 0 Å². The van der Waals surface area contributed by atoms with Gasteiger partial charge in [0.2, 0.25) is 0 Å². The van der Waals surface area contributed by atoms with Crippen LogP contribution in [0.25, 0.3) is 5.57 Å². The third-order valence-corrected chi connectivity index (χ3v) is 3.81. The Kier molecular flexibility index (Phi) is 5.54. The summed E-state index contributed by atoms with van der Waals surface area (Å²) in [5.74, 6) is 0.0562. The third kappa shape index (κ3) is 3.85. The van der Waals surface area contributed by atoms with Crippen LogP contribution in [0.2, 0.25) is 0 Å². The largest absolute Gasteiger partial charge is 0.399 e. The van der Waals surface area contributed by atoms with Crippen LogP contribution < -0.4 is 5.73 Å². The molecular weight excluding hydrogens is 270 g/mol. The van der Waals surface area contributed by atoms with Crippen molar-refractivity contribution in [3.63, 3.8) is 0 Å². The van der Waals surface area contributed by atoms with Gasteiger partial charge in [0.05, 0.1) is 0 Å². The number of allylic oxidation sites excluding steroid dienone is 7. The minimum Gasteiger partial charge on any atom is -0.399 e. The Morgan fingerprint density at radius 1 is 1.27 bits per heavy atom. The van der Waals surface area contributed by atoms with Gasteiger partial charge in [0.15, 0.2) is 5.78 Å². The van der Waals surface area contributed by atoms with E-state index in [1.807, 2.05) is 30.3 Å². The summed E-state index contributed by atoms with van der Waals surface area (Å²) in [6.45, 7) is 5.89. The smallest absolute Gasteiger partial charge is 0.186 e. The van der Waals surface area contributed by atoms with Crippen molar-refractivity contribution in [2.45, 2.75) is 32.6 Å². The molecule has 1 aromatic rings. The summed E-state index contributed by atoms with van der Waals surface area (Å²) < 4.78 is 0. The molecule has 0 atom stereocenters. The van der Waals surface area contributed by atoms with Gasteiger partial charge >= 0.3 is 0 Å². The number of unbranched alkanes of at least 4 members (excludes halogenated alkanes) is 2. The standard InChI is InChI=1S/C20H23NO/c1-3-5-6-8-16-13-17(14-20(22)19(16)7-4-2)15-9-11-18(21)12-10-15/h4,7-12,14H,2-3,5-6,13,21H2,1H3/b16-8-,19-7+. The zero-order valence-corrected chi connectivity index (χ0v) is 13.1. The molecule has 0 saturated carbocycles. The van der Waals surface area contributed by atoms with E-state index in [0.29, 0.717) is 0 Å². The Labute approximate surface area is 132 Å². The SMILES string of the molecule is C=C/C=C1/C(=O)C=C(c2ccc(N)cc2)C/C1=C/CCCC. The second-order valence-electron chi connectivity index (χ2n) is 5.52. The fraction of sp³-hybridized carbons (Fsp3) is 0.250. The molecule has 2 N–H and O–H groups in total. The lowest BCUT2D eigenvalue weighted by molar-refractivity contribution is -0.111. The molecule has 2 rings (SSSR count). The van der Waals surface area contributed by atoms with Gasteiger partial charge in [-0.2, -0.15) is 0 Å². The van der Waals surface area contributed by atoms with Gasteiger partial charge in [-0.1, -0.05) is 56.7 Å². The number of anilines is 1. The molecule has 1 aliphatic rings. The van der Waals surface area contributed by atoms with E-state index in [0.717, 1.165) is 53.7 Å². The van der Waals surface area contributed by atoms with Crippen molar-refractivity contribution < 1.29 is 4.79 Å². The van der Waals surface area contributed by atoms with Gasteiger partial charge in [-0.05, 0) is 47.8 Å². The lowest BCUT2D eigenvalue weighted by Gasteiger charge is -2.19. The molecule has 0 unspecified atom stereocenters. The molecule has 2 heteroatoms. The van der Waals surface area contributed by atoms with Crippen LogP contribution in [0.5, 0.6) is 0 Å². The number of benzene rings is 1. The van der Waals surface area contributed by atoms with Crippen LogP contribution in [0.4, 0.5) is 5.69 Å². The van der Waals surface area contributed by atoms with E-state index in [1.165, 1.54) is 0 Å². The molecule has 2 nitrogen and oxygen atoms in total. The molecule has 0 radical (unpaired) electrons. The zero-order valence-electron chi connectivity index (χ0n) is 13.1. The summed E-state index contributed by atoms with van der Waals surface area (Å²) in [7, 11) is 0. The van der Waals surface area contributed by atoms with Crippen molar-refractivity contribution in [1.29, 1.82) is 0 Å². The Hall–Kier alpha value is -2.35. The number of rotatable bonds is 5. The van der Waals surface area contributed by atoms with Gasteiger partial charge in [-0.25, -0.2) is 0 Å². The van der Waals surface area contributed by atoms with E-state index in [4.69, 9.17) is 5.73 Å². The number of hydrogen-bond donors (Lipinski definition) is 1. The van der Waals surface area contributed by atoms with Gasteiger partial charge < -0.3 is 5.73 Å². The second-order valence-corrected chi connectivity index (χ2v) is 5.52. The molecule has 22 heavy (non-hydrogen) atoms. The predicted molar refractivity (Wildman–Crippen MR) is 94.3 cm³/mol. The molecule has 0 bridgehead atoms. The first-order valence-electron chi connectivity index (χ1n) is 7.78. The average Bonchev–Trinajstić information content (AvgIpc) is 2.51. The first-order chi connectivity index (χ1) is 10.7. The van der Waals surface area contributed by atoms with Gasteiger partial charge in [-0.15, -0.1) is 0 Å². The summed E-state index contributed by atoms with van der Waals surface area (Å²) in [6, 6.07) is 7.69. The molecule has 1 aliphatic carbocycles. The zero-order chi connectivity index (χ0) is 15.9. The molecule has 0 spiro atoms. The van der Waals surface area contributed by atoms with E-state index in [9.17, 15) is 4.79 Å². The van der Waals surface area contributed by atoms with Gasteiger partial charge in [0.25, 0.3) is 0 Å². The van der Waals surface area contributed by atoms with Crippen molar-refractivity contribution in [3.05, 3.63) is 71.9 Å². The van der Waals surface area contributed by atoms with E-state index < -0.39 is 0 Å². The van der Waals surface area contributed by atoms with Crippen LogP contribution in [0, 0.1) is 0 Å². The van der Waals surface area contributed by atoms with E-state index >= 15 is 0 Å². The van der Waals surface area contributed by atoms with Crippen LogP contribution in [0.1, 0.15) is 38.2 Å². The maximum atomic E-state index is 12.4. The van der Waals surface area contributed by atoms with Crippen LogP contribution in [-0.2, 0) is 4.79 Å². The Morgan fingerprint density at radius 2 is 2.00 bits per heavy atom. The van der Waals surface area contributed by atoms with Crippen LogP contribution in [-0.4, -0.2) is 5.78 Å². The van der Waals surface area contributed by atoms with Gasteiger partial charge in [-0.3, -0.25) is 4.79 Å². The van der Waals surface area contributed by atoms with Gasteiger partial charge in [0, 0.05) is 11.3 Å². The van der Waals surface area contributed by atoms with Crippen molar-refractivity contribution in [2.24, 2.45) is 0 Å². The van der Waals surface area contributed by atoms with Crippen LogP contribution in [0.15, 0.2) is 66.3 Å². The molecule has 1 aromatic carbocycles. The predicted octanol–water partition coefficient (Wildman–Crippen LogP) is 4.85. The highest BCUT2D eigenvalue weighted by atomic mass is 16.1. The maximum absolute atomic E-state index is 12.4. The van der Waals surface area contributed by atoms with E-state index in [1.54, 1.807) is 12.2 Å². The molecule has 114 valence electrons. The second kappa shape index (κ2) is 7.60. The fourth-order valence-corrected chi connectivity index (χ4v) is 2.60. The number of nitrogen functional groups attached to an aromatic ring is 1. The molecular formula is C20H23NO. The van der Waals surface area contributed by atoms with Crippen molar-refractivity contribution in [1.82, 2.24) is 0 Å². The van der Waals surface area contributed by atoms with E-state index in [-0.39, 0.29) is 5.78 Å². The summed E-state index contributed by atoms with van der Waals surface area (Å²) in [4.78, 5) is 12.4. The fourth-order valence-electron chi connectivity index (χ4n) is 2.60. The Morgan fingerprint density at radius 3 is 2.64 bits per heavy atom. The maximum Gasteiger partial charge on any atom is 0.186 e. The minimum absolute atomic E-state index is 0.0562. The van der Waals surface area contributed by atoms with E-state index in [2.05, 4.69) is 19.6 Å². The Balaban J connectivity index is 2.35. The molecule has 0 saturated heterocycles. The normalized spacial score (nSPS) is 18.6. The van der Waals surface area contributed by atoms with Crippen LogP contribution in [0.3, 0.4) is 0 Å². The van der Waals surface area contributed by atoms with Crippen molar-refractivity contribution in [2.75, 3.05) is 5.73 Å². The molecule has 0 aliphatic heterocycles.